The Morgan fingerprint density at radius 1 is 1.44 bits per heavy atom. The van der Waals surface area contributed by atoms with Crippen LogP contribution in [0.5, 0.6) is 5.75 Å². The number of nitriles is 1. The molecule has 0 aliphatic heterocycles. The minimum Gasteiger partial charge on any atom is -0.490 e. The Hall–Kier alpha value is -1.00. The molecule has 0 amide bonds. The highest BCUT2D eigenvalue weighted by Crippen LogP contribution is 2.30. The largest absolute Gasteiger partial charge is 0.490 e. The molecule has 0 radical (unpaired) electrons. The van der Waals surface area contributed by atoms with Gasteiger partial charge in [0, 0.05) is 13.5 Å². The molecule has 5 heteroatoms. The molecule has 1 aromatic rings. The van der Waals surface area contributed by atoms with Crippen LogP contribution in [0.3, 0.4) is 0 Å². The molecule has 1 aromatic carbocycles. The number of anilines is 1. The van der Waals surface area contributed by atoms with Crippen molar-refractivity contribution in [2.75, 3.05) is 19.5 Å². The molecule has 0 aromatic heterocycles. The molecular weight excluding hydrogens is 343 g/mol. The molecule has 0 saturated carbocycles. The van der Waals surface area contributed by atoms with Gasteiger partial charge in [0.05, 0.1) is 33.1 Å². The molecule has 18 heavy (non-hydrogen) atoms. The average molecular weight is 360 g/mol. The molecule has 0 unspecified atom stereocenters. The maximum Gasteiger partial charge on any atom is 0.155 e. The fraction of sp³-hybridized carbons (Fsp3) is 0.462. The lowest BCUT2D eigenvalue weighted by molar-refractivity contribution is 0.00544. The van der Waals surface area contributed by atoms with E-state index in [4.69, 9.17) is 20.5 Å². The molecule has 1 rings (SSSR count). The highest BCUT2D eigenvalue weighted by Gasteiger charge is 2.17. The third-order valence-electron chi connectivity index (χ3n) is 2.70. The molecule has 2 N–H and O–H groups in total. The molecule has 0 spiro atoms. The zero-order chi connectivity index (χ0) is 13.8. The SMILES string of the molecule is COC(C)(C)CCOc1c(N)cc(C#N)cc1I. The van der Waals surface area contributed by atoms with Gasteiger partial charge in [-0.05, 0) is 48.6 Å². The van der Waals surface area contributed by atoms with E-state index in [2.05, 4.69) is 28.7 Å². The van der Waals surface area contributed by atoms with E-state index in [1.807, 2.05) is 13.8 Å². The van der Waals surface area contributed by atoms with Gasteiger partial charge >= 0.3 is 0 Å². The van der Waals surface area contributed by atoms with E-state index in [1.165, 1.54) is 0 Å². The van der Waals surface area contributed by atoms with E-state index in [1.54, 1.807) is 19.2 Å². The molecule has 98 valence electrons. The van der Waals surface area contributed by atoms with Crippen LogP contribution in [0.2, 0.25) is 0 Å². The molecule has 0 fully saturated rings. The van der Waals surface area contributed by atoms with Crippen LogP contribution in [0.1, 0.15) is 25.8 Å². The summed E-state index contributed by atoms with van der Waals surface area (Å²) >= 11 is 2.12. The van der Waals surface area contributed by atoms with Crippen LogP contribution in [0.25, 0.3) is 0 Å². The van der Waals surface area contributed by atoms with Crippen LogP contribution in [-0.4, -0.2) is 19.3 Å². The Kier molecular flexibility index (Phi) is 5.23. The van der Waals surface area contributed by atoms with Gasteiger partial charge in [0.1, 0.15) is 0 Å². The predicted octanol–water partition coefficient (Wildman–Crippen LogP) is 2.94. The molecule has 0 bridgehead atoms. The second-order valence-electron chi connectivity index (χ2n) is 4.55. The molecule has 0 saturated heterocycles. The molecule has 4 nitrogen and oxygen atoms in total. The predicted molar refractivity (Wildman–Crippen MR) is 79.5 cm³/mol. The lowest BCUT2D eigenvalue weighted by Crippen LogP contribution is -2.25. The topological polar surface area (TPSA) is 68.3 Å². The maximum absolute atomic E-state index is 8.83. The number of nitrogens with two attached hydrogens (primary N) is 1. The molecular formula is C13H17IN2O2. The van der Waals surface area contributed by atoms with Gasteiger partial charge in [-0.3, -0.25) is 0 Å². The fourth-order valence-electron chi connectivity index (χ4n) is 1.33. The van der Waals surface area contributed by atoms with Crippen molar-refractivity contribution in [2.45, 2.75) is 25.9 Å². The van der Waals surface area contributed by atoms with Crippen molar-refractivity contribution in [1.29, 1.82) is 5.26 Å². The lowest BCUT2D eigenvalue weighted by Gasteiger charge is -2.23. The summed E-state index contributed by atoms with van der Waals surface area (Å²) in [7, 11) is 1.68. The minimum absolute atomic E-state index is 0.215. The fourth-order valence-corrected chi connectivity index (χ4v) is 2.14. The van der Waals surface area contributed by atoms with Gasteiger partial charge in [-0.25, -0.2) is 0 Å². The number of nitrogen functional groups attached to an aromatic ring is 1. The van der Waals surface area contributed by atoms with Gasteiger partial charge in [0.15, 0.2) is 5.75 Å². The summed E-state index contributed by atoms with van der Waals surface area (Å²) in [6.07, 6.45) is 0.763. The van der Waals surface area contributed by atoms with Gasteiger partial charge in [0.25, 0.3) is 0 Å². The van der Waals surface area contributed by atoms with Gasteiger partial charge in [-0.15, -0.1) is 0 Å². The molecule has 0 heterocycles. The zero-order valence-corrected chi connectivity index (χ0v) is 12.9. The van der Waals surface area contributed by atoms with Gasteiger partial charge in [-0.1, -0.05) is 0 Å². The van der Waals surface area contributed by atoms with E-state index in [0.717, 1.165) is 9.99 Å². The Morgan fingerprint density at radius 3 is 2.61 bits per heavy atom. The second-order valence-corrected chi connectivity index (χ2v) is 5.71. The van der Waals surface area contributed by atoms with E-state index in [-0.39, 0.29) is 5.60 Å². The smallest absolute Gasteiger partial charge is 0.155 e. The Bertz CT molecular complexity index is 444. The lowest BCUT2D eigenvalue weighted by atomic mass is 10.1. The first-order valence-electron chi connectivity index (χ1n) is 5.56. The number of methoxy groups -OCH3 is 1. The van der Waals surface area contributed by atoms with Crippen LogP contribution < -0.4 is 10.5 Å². The average Bonchev–Trinajstić information content (AvgIpc) is 2.32. The number of benzene rings is 1. The number of rotatable bonds is 5. The molecule has 0 aliphatic rings. The summed E-state index contributed by atoms with van der Waals surface area (Å²) in [5, 5.41) is 8.83. The van der Waals surface area contributed by atoms with Gasteiger partial charge in [-0.2, -0.15) is 5.26 Å². The van der Waals surface area contributed by atoms with Gasteiger partial charge in [0.2, 0.25) is 0 Å². The number of nitrogens with zero attached hydrogens (tertiary/aromatic N) is 1. The van der Waals surface area contributed by atoms with Crippen molar-refractivity contribution < 1.29 is 9.47 Å². The summed E-state index contributed by atoms with van der Waals surface area (Å²) in [5.74, 6) is 0.640. The number of hydrogen-bond acceptors (Lipinski definition) is 4. The van der Waals surface area contributed by atoms with Crippen LogP contribution in [-0.2, 0) is 4.74 Å². The normalized spacial score (nSPS) is 11.1. The van der Waals surface area contributed by atoms with Crippen LogP contribution in [0.4, 0.5) is 5.69 Å². The second kappa shape index (κ2) is 6.25. The monoisotopic (exact) mass is 360 g/mol. The maximum atomic E-state index is 8.83. The first kappa shape index (κ1) is 15.1. The van der Waals surface area contributed by atoms with E-state index >= 15 is 0 Å². The van der Waals surface area contributed by atoms with Crippen molar-refractivity contribution in [2.24, 2.45) is 0 Å². The zero-order valence-electron chi connectivity index (χ0n) is 10.8. The number of ether oxygens (including phenoxy) is 2. The summed E-state index contributed by atoms with van der Waals surface area (Å²) in [4.78, 5) is 0. The Morgan fingerprint density at radius 2 is 2.11 bits per heavy atom. The van der Waals surface area contributed by atoms with Gasteiger partial charge < -0.3 is 15.2 Å². The molecule has 0 atom stereocenters. The first-order chi connectivity index (χ1) is 8.39. The third kappa shape index (κ3) is 4.03. The summed E-state index contributed by atoms with van der Waals surface area (Å²) in [6.45, 7) is 4.53. The summed E-state index contributed by atoms with van der Waals surface area (Å²) < 4.78 is 11.8. The van der Waals surface area contributed by atoms with E-state index in [9.17, 15) is 0 Å². The quantitative estimate of drug-likeness (QED) is 0.648. The Balaban J connectivity index is 2.72. The highest BCUT2D eigenvalue weighted by molar-refractivity contribution is 14.1. The number of halogens is 1. The van der Waals surface area contributed by atoms with Crippen molar-refractivity contribution in [3.8, 4) is 11.8 Å². The van der Waals surface area contributed by atoms with Crippen molar-refractivity contribution in [3.63, 3.8) is 0 Å². The summed E-state index contributed by atoms with van der Waals surface area (Å²) in [5.41, 5.74) is 6.69. The highest BCUT2D eigenvalue weighted by atomic mass is 127. The Labute approximate surface area is 121 Å². The minimum atomic E-state index is -0.215. The first-order valence-corrected chi connectivity index (χ1v) is 6.64. The van der Waals surface area contributed by atoms with Crippen molar-refractivity contribution >= 4 is 28.3 Å². The van der Waals surface area contributed by atoms with Crippen LogP contribution >= 0.6 is 22.6 Å². The van der Waals surface area contributed by atoms with Crippen LogP contribution in [0.15, 0.2) is 12.1 Å². The number of hydrogen-bond donors (Lipinski definition) is 1. The van der Waals surface area contributed by atoms with Crippen molar-refractivity contribution in [1.82, 2.24) is 0 Å². The standard InChI is InChI=1S/C13H17IN2O2/c1-13(2,17-3)4-5-18-12-10(14)6-9(8-15)7-11(12)16/h6-7H,4-5,16H2,1-3H3. The van der Waals surface area contributed by atoms with Crippen molar-refractivity contribution in [3.05, 3.63) is 21.3 Å². The molecule has 0 aliphatic carbocycles. The van der Waals surface area contributed by atoms with E-state index in [0.29, 0.717) is 23.6 Å². The van der Waals surface area contributed by atoms with Crippen LogP contribution in [0, 0.1) is 14.9 Å². The third-order valence-corrected chi connectivity index (χ3v) is 3.51. The van der Waals surface area contributed by atoms with E-state index < -0.39 is 0 Å². The summed E-state index contributed by atoms with van der Waals surface area (Å²) in [6, 6.07) is 5.45.